The van der Waals surface area contributed by atoms with Crippen LogP contribution in [0.5, 0.6) is 5.75 Å². The zero-order valence-electron chi connectivity index (χ0n) is 16.1. The van der Waals surface area contributed by atoms with Crippen molar-refractivity contribution in [3.8, 4) is 5.75 Å². The number of amides is 1. The number of ether oxygens (including phenoxy) is 1. The van der Waals surface area contributed by atoms with Crippen molar-refractivity contribution < 1.29 is 14.1 Å². The van der Waals surface area contributed by atoms with Crippen LogP contribution in [-0.2, 0) is 16.2 Å². The third kappa shape index (κ3) is 5.12. The van der Waals surface area contributed by atoms with Crippen molar-refractivity contribution in [1.82, 2.24) is 4.90 Å². The lowest BCUT2D eigenvalue weighted by atomic mass is 9.81. The molecule has 0 radical (unpaired) electrons. The molecule has 0 aromatic heterocycles. The summed E-state index contributed by atoms with van der Waals surface area (Å²) in [6.07, 6.45) is 3.53. The normalized spacial score (nSPS) is 17.8. The van der Waals surface area contributed by atoms with Crippen LogP contribution in [0.15, 0.2) is 17.7 Å². The van der Waals surface area contributed by atoms with Gasteiger partial charge >= 0.3 is 0 Å². The number of carbonyl (C=O) groups is 1. The first-order valence-electron chi connectivity index (χ1n) is 8.74. The molecule has 1 heterocycles. The van der Waals surface area contributed by atoms with Crippen LogP contribution in [0.3, 0.4) is 0 Å². The topological polar surface area (TPSA) is 78.6 Å². The molecule has 2 N–H and O–H groups in total. The Morgan fingerprint density at radius 2 is 1.89 bits per heavy atom. The first-order valence-corrected chi connectivity index (χ1v) is 10.7. The van der Waals surface area contributed by atoms with Crippen LogP contribution in [0.2, 0.25) is 10.0 Å². The van der Waals surface area contributed by atoms with Gasteiger partial charge in [-0.15, -0.1) is 0 Å². The van der Waals surface area contributed by atoms with Gasteiger partial charge in [0.25, 0.3) is 0 Å². The molecule has 1 fully saturated rings. The van der Waals surface area contributed by atoms with Crippen LogP contribution in [-0.4, -0.2) is 40.3 Å². The lowest BCUT2D eigenvalue weighted by molar-refractivity contribution is -0.130. The van der Waals surface area contributed by atoms with Gasteiger partial charge in [0.1, 0.15) is 5.75 Å². The van der Waals surface area contributed by atoms with Gasteiger partial charge in [0.15, 0.2) is 4.75 Å². The second-order valence-corrected chi connectivity index (χ2v) is 9.63. The minimum atomic E-state index is -1.57. The summed E-state index contributed by atoms with van der Waals surface area (Å²) in [4.78, 5) is 13.5. The van der Waals surface area contributed by atoms with Crippen molar-refractivity contribution in [1.29, 1.82) is 0 Å². The number of rotatable bonds is 5. The Labute approximate surface area is 174 Å². The number of halogens is 2. The van der Waals surface area contributed by atoms with Gasteiger partial charge in [-0.05, 0) is 50.3 Å². The average Bonchev–Trinajstić information content (AvgIpc) is 2.61. The molecule has 8 heteroatoms. The van der Waals surface area contributed by atoms with Crippen molar-refractivity contribution in [2.45, 2.75) is 38.4 Å². The molecule has 27 heavy (non-hydrogen) atoms. The van der Waals surface area contributed by atoms with E-state index in [1.165, 1.54) is 0 Å². The highest BCUT2D eigenvalue weighted by Crippen LogP contribution is 2.39. The molecule has 5 nitrogen and oxygen atoms in total. The monoisotopic (exact) mass is 432 g/mol. The Morgan fingerprint density at radius 1 is 1.33 bits per heavy atom. The summed E-state index contributed by atoms with van der Waals surface area (Å²) in [5.41, 5.74) is 1.72. The molecule has 1 amide bonds. The first-order chi connectivity index (χ1) is 12.6. The number of hydrogen-bond donors (Lipinski definition) is 1. The molecule has 150 valence electrons. The number of methoxy groups -OCH3 is 1. The van der Waals surface area contributed by atoms with Gasteiger partial charge < -0.3 is 14.2 Å². The molecule has 1 aromatic rings. The van der Waals surface area contributed by atoms with Crippen molar-refractivity contribution in [2.75, 3.05) is 20.2 Å². The number of hydrogen-bond acceptors (Lipinski definition) is 4. The molecule has 0 spiro atoms. The lowest BCUT2D eigenvalue weighted by Crippen LogP contribution is -2.45. The molecule has 0 aliphatic carbocycles. The SMILES string of the molecule is COc1cc(Cl)c(Cl)cc1C=C(C1CCN(C(C)=O)CC1)C(C)(C)[S+](N)[O-]. The Balaban J connectivity index is 2.47. The number of nitrogens with zero attached hydrogens (tertiary/aromatic N) is 1. The molecule has 1 aliphatic heterocycles. The third-order valence-electron chi connectivity index (χ3n) is 5.16. The standard InChI is InChI=1S/C19H26Cl2N2O3S/c1-12(24)23-7-5-13(6-8-23)15(19(2,3)27(22)25)9-14-10-16(20)17(21)11-18(14)26-4/h9-11,13H,5-8,22H2,1-4H3. The van der Waals surface area contributed by atoms with Gasteiger partial charge in [-0.25, -0.2) is 0 Å². The fourth-order valence-corrected chi connectivity index (χ4v) is 4.19. The van der Waals surface area contributed by atoms with Crippen LogP contribution in [0, 0.1) is 5.92 Å². The smallest absolute Gasteiger partial charge is 0.219 e. The van der Waals surface area contributed by atoms with Gasteiger partial charge in [-0.2, -0.15) is 5.14 Å². The van der Waals surface area contributed by atoms with Gasteiger partial charge in [0.2, 0.25) is 5.91 Å². The second kappa shape index (κ2) is 9.05. The van der Waals surface area contributed by atoms with E-state index in [-0.39, 0.29) is 11.8 Å². The van der Waals surface area contributed by atoms with E-state index in [4.69, 9.17) is 33.1 Å². The summed E-state index contributed by atoms with van der Waals surface area (Å²) in [7, 11) is 1.56. The molecule has 0 saturated carbocycles. The van der Waals surface area contributed by atoms with Gasteiger partial charge in [0.05, 0.1) is 17.2 Å². The number of carbonyl (C=O) groups excluding carboxylic acids is 1. The van der Waals surface area contributed by atoms with E-state index < -0.39 is 16.1 Å². The number of likely N-dealkylation sites (tertiary alicyclic amines) is 1. The summed E-state index contributed by atoms with van der Waals surface area (Å²) in [6.45, 7) is 6.66. The summed E-state index contributed by atoms with van der Waals surface area (Å²) in [5, 5.41) is 6.64. The maximum Gasteiger partial charge on any atom is 0.219 e. The predicted molar refractivity (Wildman–Crippen MR) is 112 cm³/mol. The Bertz CT molecular complexity index is 730. The highest BCUT2D eigenvalue weighted by Gasteiger charge is 2.40. The zero-order valence-corrected chi connectivity index (χ0v) is 18.4. The van der Waals surface area contributed by atoms with Crippen molar-refractivity contribution in [3.05, 3.63) is 33.3 Å². The fraction of sp³-hybridized carbons (Fsp3) is 0.526. The largest absolute Gasteiger partial charge is 0.598 e. The minimum Gasteiger partial charge on any atom is -0.598 e. The van der Waals surface area contributed by atoms with E-state index in [0.29, 0.717) is 28.9 Å². The van der Waals surface area contributed by atoms with E-state index in [2.05, 4.69) is 0 Å². The number of nitrogens with two attached hydrogens (primary N) is 1. The van der Waals surface area contributed by atoms with Crippen molar-refractivity contribution in [2.24, 2.45) is 11.1 Å². The quantitative estimate of drug-likeness (QED) is 0.711. The van der Waals surface area contributed by atoms with E-state index in [9.17, 15) is 9.35 Å². The first kappa shape index (κ1) is 22.4. The molecule has 1 aromatic carbocycles. The third-order valence-corrected chi connectivity index (χ3v) is 7.13. The van der Waals surface area contributed by atoms with Crippen LogP contribution < -0.4 is 9.88 Å². The number of benzene rings is 1. The predicted octanol–water partition coefficient (Wildman–Crippen LogP) is 4.04. The maximum atomic E-state index is 12.3. The molecule has 1 saturated heterocycles. The van der Waals surface area contributed by atoms with Crippen molar-refractivity contribution >= 4 is 46.5 Å². The molecule has 1 unspecified atom stereocenters. The lowest BCUT2D eigenvalue weighted by Gasteiger charge is -2.37. The van der Waals surface area contributed by atoms with Crippen LogP contribution in [0.1, 0.15) is 39.2 Å². The minimum absolute atomic E-state index is 0.0757. The Morgan fingerprint density at radius 3 is 2.37 bits per heavy atom. The van der Waals surface area contributed by atoms with Crippen molar-refractivity contribution in [3.63, 3.8) is 0 Å². The van der Waals surface area contributed by atoms with E-state index in [1.807, 2.05) is 24.8 Å². The molecular formula is C19H26Cl2N2O3S. The molecule has 1 aliphatic rings. The van der Waals surface area contributed by atoms with Crippen LogP contribution >= 0.6 is 23.2 Å². The maximum absolute atomic E-state index is 12.3. The van der Waals surface area contributed by atoms with E-state index >= 15 is 0 Å². The summed E-state index contributed by atoms with van der Waals surface area (Å²) < 4.78 is 17.0. The summed E-state index contributed by atoms with van der Waals surface area (Å²) in [5.74, 6) is 0.815. The Kier molecular flexibility index (Phi) is 7.50. The van der Waals surface area contributed by atoms with E-state index in [0.717, 1.165) is 24.0 Å². The fourth-order valence-electron chi connectivity index (χ4n) is 3.41. The van der Waals surface area contributed by atoms with Gasteiger partial charge in [0, 0.05) is 43.0 Å². The highest BCUT2D eigenvalue weighted by atomic mass is 35.5. The molecular weight excluding hydrogens is 407 g/mol. The molecule has 0 bridgehead atoms. The second-order valence-electron chi connectivity index (χ2n) is 7.20. The Hall–Kier alpha value is -0.920. The summed E-state index contributed by atoms with van der Waals surface area (Å²) in [6, 6.07) is 3.40. The zero-order chi connectivity index (χ0) is 20.4. The summed E-state index contributed by atoms with van der Waals surface area (Å²) >= 11 is 10.7. The van der Waals surface area contributed by atoms with Crippen LogP contribution in [0.25, 0.3) is 6.08 Å². The average molecular weight is 433 g/mol. The van der Waals surface area contributed by atoms with Crippen LogP contribution in [0.4, 0.5) is 0 Å². The molecule has 2 rings (SSSR count). The van der Waals surface area contributed by atoms with Gasteiger partial charge in [-0.3, -0.25) is 4.79 Å². The number of piperidine rings is 1. The molecule has 1 atom stereocenters. The van der Waals surface area contributed by atoms with Gasteiger partial charge in [-0.1, -0.05) is 23.2 Å². The highest BCUT2D eigenvalue weighted by molar-refractivity contribution is 7.90. The van der Waals surface area contributed by atoms with E-state index in [1.54, 1.807) is 26.2 Å².